The Balaban J connectivity index is 2.12. The Labute approximate surface area is 121 Å². The topological polar surface area (TPSA) is 13.1 Å². The first-order chi connectivity index (χ1) is 9.55. The second-order valence-corrected chi connectivity index (χ2v) is 6.77. The molecule has 0 unspecified atom stereocenters. The zero-order chi connectivity index (χ0) is 14.2. The number of ether oxygens (including phenoxy) is 1. The molecule has 1 fully saturated rings. The van der Waals surface area contributed by atoms with Crippen molar-refractivity contribution in [3.63, 3.8) is 0 Å². The van der Waals surface area contributed by atoms with E-state index in [0.29, 0.717) is 6.10 Å². The third-order valence-corrected chi connectivity index (χ3v) is 4.12. The van der Waals surface area contributed by atoms with Crippen molar-refractivity contribution in [2.45, 2.75) is 58.1 Å². The lowest BCUT2D eigenvalue weighted by molar-refractivity contribution is -0.757. The average molecular weight is 270 g/mol. The van der Waals surface area contributed by atoms with Crippen molar-refractivity contribution in [1.29, 1.82) is 0 Å². The summed E-state index contributed by atoms with van der Waals surface area (Å²) >= 11 is 0. The van der Waals surface area contributed by atoms with E-state index in [9.17, 15) is 0 Å². The third kappa shape index (κ3) is 2.52. The van der Waals surface area contributed by atoms with Gasteiger partial charge in [-0.25, -0.2) is 0 Å². The van der Waals surface area contributed by atoms with Crippen LogP contribution in [0.4, 0.5) is 0 Å². The molecule has 0 amide bonds. The van der Waals surface area contributed by atoms with Gasteiger partial charge in [0.2, 0.25) is 0 Å². The fourth-order valence-corrected chi connectivity index (χ4v) is 3.00. The predicted octanol–water partition coefficient (Wildman–Crippen LogP) is 4.20. The van der Waals surface area contributed by atoms with E-state index >= 15 is 0 Å². The quantitative estimate of drug-likeness (QED) is 0.745. The van der Waals surface area contributed by atoms with E-state index in [1.807, 2.05) is 0 Å². The molecule has 0 atom stereocenters. The van der Waals surface area contributed by atoms with Crippen molar-refractivity contribution in [1.82, 2.24) is 0 Å². The average Bonchev–Trinajstić information content (AvgIpc) is 2.90. The number of aromatic nitrogens is 1. The van der Waals surface area contributed by atoms with Crippen molar-refractivity contribution in [3.05, 3.63) is 36.5 Å². The summed E-state index contributed by atoms with van der Waals surface area (Å²) in [5.74, 6) is 1.03. The van der Waals surface area contributed by atoms with Crippen LogP contribution in [0.2, 0.25) is 0 Å². The third-order valence-electron chi connectivity index (χ3n) is 4.12. The Kier molecular flexibility index (Phi) is 3.41. The lowest BCUT2D eigenvalue weighted by Crippen LogP contribution is -2.51. The molecule has 0 saturated heterocycles. The Morgan fingerprint density at radius 1 is 1.05 bits per heavy atom. The zero-order valence-electron chi connectivity index (χ0n) is 12.7. The lowest BCUT2D eigenvalue weighted by Gasteiger charge is -2.20. The maximum absolute atomic E-state index is 6.41. The fraction of sp³-hybridized carbons (Fsp3) is 0.500. The van der Waals surface area contributed by atoms with Gasteiger partial charge in [0.1, 0.15) is 6.10 Å². The Hall–Kier alpha value is -1.57. The van der Waals surface area contributed by atoms with E-state index in [4.69, 9.17) is 4.74 Å². The summed E-state index contributed by atoms with van der Waals surface area (Å²) in [6, 6.07) is 10.7. The van der Waals surface area contributed by atoms with Gasteiger partial charge < -0.3 is 4.74 Å². The van der Waals surface area contributed by atoms with Gasteiger partial charge in [0.25, 0.3) is 0 Å². The van der Waals surface area contributed by atoms with E-state index in [0.717, 1.165) is 5.88 Å². The largest absolute Gasteiger partial charge is 0.441 e. The molecule has 0 spiro atoms. The summed E-state index contributed by atoms with van der Waals surface area (Å²) in [6.45, 7) is 6.68. The molecule has 1 aliphatic rings. The van der Waals surface area contributed by atoms with Crippen molar-refractivity contribution < 1.29 is 9.30 Å². The van der Waals surface area contributed by atoms with Gasteiger partial charge in [0.05, 0.1) is 5.39 Å². The first kappa shape index (κ1) is 13.4. The van der Waals surface area contributed by atoms with Crippen LogP contribution in [-0.2, 0) is 5.54 Å². The minimum absolute atomic E-state index is 0.0258. The molecule has 1 aromatic heterocycles. The molecule has 3 rings (SSSR count). The minimum Gasteiger partial charge on any atom is -0.441 e. The standard InChI is InChI=1S/C18H24NO/c1-18(2,3)19-13-12-14-8-4-7-11-16(14)17(19)20-15-9-5-6-10-15/h4,7-8,11-13,15H,5-6,9-10H2,1-3H3/q+1. The Morgan fingerprint density at radius 2 is 1.75 bits per heavy atom. The SMILES string of the molecule is CC(C)(C)[n+]1ccc2ccccc2c1OC1CCCC1. The number of benzene rings is 1. The molecule has 0 bridgehead atoms. The van der Waals surface area contributed by atoms with E-state index in [1.54, 1.807) is 0 Å². The highest BCUT2D eigenvalue weighted by Gasteiger charge is 2.31. The van der Waals surface area contributed by atoms with Gasteiger partial charge in [0, 0.05) is 26.8 Å². The van der Waals surface area contributed by atoms with Crippen molar-refractivity contribution >= 4 is 10.8 Å². The molecule has 20 heavy (non-hydrogen) atoms. The number of pyridine rings is 1. The first-order valence-electron chi connectivity index (χ1n) is 7.66. The number of nitrogens with zero attached hydrogens (tertiary/aromatic N) is 1. The van der Waals surface area contributed by atoms with Crippen LogP contribution in [0.3, 0.4) is 0 Å². The van der Waals surface area contributed by atoms with Crippen LogP contribution >= 0.6 is 0 Å². The number of hydrogen-bond donors (Lipinski definition) is 0. The van der Waals surface area contributed by atoms with Gasteiger partial charge >= 0.3 is 5.88 Å². The molecule has 1 heterocycles. The smallest absolute Gasteiger partial charge is 0.376 e. The first-order valence-corrected chi connectivity index (χ1v) is 7.66. The molecule has 1 saturated carbocycles. The predicted molar refractivity (Wildman–Crippen MR) is 82.0 cm³/mol. The molecule has 106 valence electrons. The van der Waals surface area contributed by atoms with Gasteiger partial charge in [-0.3, -0.25) is 0 Å². The summed E-state index contributed by atoms with van der Waals surface area (Å²) in [5, 5.41) is 2.47. The van der Waals surface area contributed by atoms with Crippen LogP contribution < -0.4 is 9.30 Å². The molecule has 1 aromatic carbocycles. The van der Waals surface area contributed by atoms with Crippen molar-refractivity contribution in [2.24, 2.45) is 0 Å². The van der Waals surface area contributed by atoms with Crippen LogP contribution in [0.1, 0.15) is 46.5 Å². The summed E-state index contributed by atoms with van der Waals surface area (Å²) in [7, 11) is 0. The highest BCUT2D eigenvalue weighted by Crippen LogP contribution is 2.29. The van der Waals surface area contributed by atoms with E-state index < -0.39 is 0 Å². The van der Waals surface area contributed by atoms with Crippen molar-refractivity contribution in [3.8, 4) is 5.88 Å². The van der Waals surface area contributed by atoms with Gasteiger partial charge in [-0.2, -0.15) is 4.57 Å². The zero-order valence-corrected chi connectivity index (χ0v) is 12.7. The molecule has 2 heteroatoms. The van der Waals surface area contributed by atoms with Crippen LogP contribution in [0.15, 0.2) is 36.5 Å². The monoisotopic (exact) mass is 270 g/mol. The summed E-state index contributed by atoms with van der Waals surface area (Å²) in [6.07, 6.45) is 7.51. The van der Waals surface area contributed by atoms with E-state index in [1.165, 1.54) is 36.5 Å². The maximum Gasteiger partial charge on any atom is 0.376 e. The Morgan fingerprint density at radius 3 is 2.45 bits per heavy atom. The molecule has 1 aliphatic carbocycles. The summed E-state index contributed by atoms with van der Waals surface area (Å²) in [4.78, 5) is 0. The number of hydrogen-bond acceptors (Lipinski definition) is 1. The fourth-order valence-electron chi connectivity index (χ4n) is 3.00. The molecule has 0 N–H and O–H groups in total. The van der Waals surface area contributed by atoms with E-state index in [2.05, 4.69) is 61.9 Å². The van der Waals surface area contributed by atoms with Gasteiger partial charge in [-0.1, -0.05) is 18.2 Å². The molecular weight excluding hydrogens is 246 g/mol. The molecule has 2 aromatic rings. The van der Waals surface area contributed by atoms with Crippen molar-refractivity contribution in [2.75, 3.05) is 0 Å². The molecule has 0 aliphatic heterocycles. The summed E-state index contributed by atoms with van der Waals surface area (Å²) in [5.41, 5.74) is 0.0258. The van der Waals surface area contributed by atoms with Crippen LogP contribution in [0, 0.1) is 0 Å². The highest BCUT2D eigenvalue weighted by molar-refractivity contribution is 5.85. The lowest BCUT2D eigenvalue weighted by atomic mass is 10.1. The Bertz CT molecular complexity index is 606. The molecular formula is C18H24NO+. The number of fused-ring (bicyclic) bond motifs is 1. The van der Waals surface area contributed by atoms with E-state index in [-0.39, 0.29) is 5.54 Å². The number of rotatable bonds is 2. The molecule has 2 nitrogen and oxygen atoms in total. The molecule has 0 radical (unpaired) electrons. The second kappa shape index (κ2) is 5.08. The van der Waals surface area contributed by atoms with Crippen LogP contribution in [0.5, 0.6) is 5.88 Å². The van der Waals surface area contributed by atoms with Gasteiger partial charge in [0.15, 0.2) is 11.7 Å². The van der Waals surface area contributed by atoms with Gasteiger partial charge in [-0.15, -0.1) is 0 Å². The summed E-state index contributed by atoms with van der Waals surface area (Å²) < 4.78 is 8.68. The van der Waals surface area contributed by atoms with Gasteiger partial charge in [-0.05, 0) is 37.1 Å². The highest BCUT2D eigenvalue weighted by atomic mass is 16.5. The normalized spacial score (nSPS) is 16.8. The van der Waals surface area contributed by atoms with Crippen LogP contribution in [0.25, 0.3) is 10.8 Å². The maximum atomic E-state index is 6.41. The second-order valence-electron chi connectivity index (χ2n) is 6.77. The minimum atomic E-state index is 0.0258. The van der Waals surface area contributed by atoms with Crippen LogP contribution in [-0.4, -0.2) is 6.10 Å².